The average Bonchev–Trinajstić information content (AvgIpc) is 2.23. The maximum atomic E-state index is 11.7. The standard InChI is InChI=1S/C11H22N2O3S/c1-8(2)7-9(10(14)15)12-11(16)13(3)5-6-17-4/h8-9H,5-7H2,1-4H3,(H,12,16)(H,14,15)/t9-/m1/s1. The minimum Gasteiger partial charge on any atom is -0.480 e. The third-order valence-corrected chi connectivity index (χ3v) is 2.87. The molecule has 0 bridgehead atoms. The van der Waals surface area contributed by atoms with Crippen molar-refractivity contribution >= 4 is 23.8 Å². The van der Waals surface area contributed by atoms with E-state index in [2.05, 4.69) is 5.32 Å². The lowest BCUT2D eigenvalue weighted by molar-refractivity contribution is -0.139. The summed E-state index contributed by atoms with van der Waals surface area (Å²) >= 11 is 1.65. The largest absolute Gasteiger partial charge is 0.480 e. The molecule has 0 aromatic heterocycles. The highest BCUT2D eigenvalue weighted by molar-refractivity contribution is 7.98. The van der Waals surface area contributed by atoms with Crippen LogP contribution in [-0.2, 0) is 4.79 Å². The molecule has 0 radical (unpaired) electrons. The molecule has 0 saturated heterocycles. The van der Waals surface area contributed by atoms with Crippen LogP contribution in [0, 0.1) is 5.92 Å². The lowest BCUT2D eigenvalue weighted by atomic mass is 10.0. The molecule has 17 heavy (non-hydrogen) atoms. The number of hydrogen-bond acceptors (Lipinski definition) is 3. The molecule has 0 aliphatic carbocycles. The van der Waals surface area contributed by atoms with E-state index in [1.807, 2.05) is 20.1 Å². The van der Waals surface area contributed by atoms with E-state index >= 15 is 0 Å². The quantitative estimate of drug-likeness (QED) is 0.729. The second-order valence-corrected chi connectivity index (χ2v) is 5.37. The monoisotopic (exact) mass is 262 g/mol. The molecule has 0 heterocycles. The zero-order chi connectivity index (χ0) is 13.4. The van der Waals surface area contributed by atoms with Crippen LogP contribution in [0.3, 0.4) is 0 Å². The molecule has 0 saturated carbocycles. The number of urea groups is 1. The van der Waals surface area contributed by atoms with Crippen molar-refractivity contribution in [3.8, 4) is 0 Å². The number of carbonyl (C=O) groups is 2. The van der Waals surface area contributed by atoms with Crippen LogP contribution in [0.5, 0.6) is 0 Å². The summed E-state index contributed by atoms with van der Waals surface area (Å²) < 4.78 is 0. The summed E-state index contributed by atoms with van der Waals surface area (Å²) in [7, 11) is 1.67. The van der Waals surface area contributed by atoms with Crippen molar-refractivity contribution in [1.82, 2.24) is 10.2 Å². The highest BCUT2D eigenvalue weighted by Crippen LogP contribution is 2.05. The zero-order valence-electron chi connectivity index (χ0n) is 10.9. The van der Waals surface area contributed by atoms with E-state index in [9.17, 15) is 9.59 Å². The minimum atomic E-state index is -0.981. The van der Waals surface area contributed by atoms with Gasteiger partial charge in [0.05, 0.1) is 0 Å². The minimum absolute atomic E-state index is 0.230. The van der Waals surface area contributed by atoms with Crippen LogP contribution in [0.4, 0.5) is 4.79 Å². The van der Waals surface area contributed by atoms with Crippen LogP contribution in [0.1, 0.15) is 20.3 Å². The Labute approximate surface area is 107 Å². The fourth-order valence-corrected chi connectivity index (χ4v) is 1.74. The molecule has 100 valence electrons. The molecular formula is C11H22N2O3S. The first-order valence-corrected chi connectivity index (χ1v) is 7.01. The molecule has 6 heteroatoms. The second kappa shape index (κ2) is 8.22. The summed E-state index contributed by atoms with van der Waals surface area (Å²) in [6, 6.07) is -1.13. The van der Waals surface area contributed by atoms with Gasteiger partial charge in [-0.15, -0.1) is 0 Å². The number of carboxylic acids is 1. The Kier molecular flexibility index (Phi) is 7.78. The predicted molar refractivity (Wildman–Crippen MR) is 70.4 cm³/mol. The van der Waals surface area contributed by atoms with E-state index in [1.54, 1.807) is 18.8 Å². The van der Waals surface area contributed by atoms with Gasteiger partial charge in [-0.1, -0.05) is 13.8 Å². The number of aliphatic carboxylic acids is 1. The molecule has 0 fully saturated rings. The number of nitrogens with zero attached hydrogens (tertiary/aromatic N) is 1. The lowest BCUT2D eigenvalue weighted by Gasteiger charge is -2.22. The second-order valence-electron chi connectivity index (χ2n) is 4.38. The highest BCUT2D eigenvalue weighted by Gasteiger charge is 2.22. The fourth-order valence-electron chi connectivity index (χ4n) is 1.28. The molecule has 0 unspecified atom stereocenters. The Hall–Kier alpha value is -0.910. The smallest absolute Gasteiger partial charge is 0.326 e. The van der Waals surface area contributed by atoms with Crippen LogP contribution in [0.15, 0.2) is 0 Å². The first-order valence-electron chi connectivity index (χ1n) is 5.61. The summed E-state index contributed by atoms with van der Waals surface area (Å²) in [5, 5.41) is 11.5. The molecule has 0 aromatic carbocycles. The van der Waals surface area contributed by atoms with E-state index in [1.165, 1.54) is 4.90 Å². The molecule has 0 spiro atoms. The van der Waals surface area contributed by atoms with Gasteiger partial charge < -0.3 is 15.3 Å². The molecule has 0 aromatic rings. The van der Waals surface area contributed by atoms with Gasteiger partial charge in [0.2, 0.25) is 0 Å². The van der Waals surface area contributed by atoms with E-state index in [0.29, 0.717) is 13.0 Å². The van der Waals surface area contributed by atoms with Crippen molar-refractivity contribution in [2.45, 2.75) is 26.3 Å². The summed E-state index contributed by atoms with van der Waals surface area (Å²) in [5.74, 6) is 0.0875. The van der Waals surface area contributed by atoms with Gasteiger partial charge in [-0.25, -0.2) is 9.59 Å². The first-order chi connectivity index (χ1) is 7.88. The van der Waals surface area contributed by atoms with Crippen molar-refractivity contribution in [2.75, 3.05) is 25.6 Å². The average molecular weight is 262 g/mol. The van der Waals surface area contributed by atoms with Gasteiger partial charge in [-0.05, 0) is 18.6 Å². The third-order valence-electron chi connectivity index (χ3n) is 2.28. The fraction of sp³-hybridized carbons (Fsp3) is 0.818. The first kappa shape index (κ1) is 16.1. The van der Waals surface area contributed by atoms with Gasteiger partial charge in [0, 0.05) is 19.3 Å². The van der Waals surface area contributed by atoms with Gasteiger partial charge in [0.1, 0.15) is 6.04 Å². The number of nitrogens with one attached hydrogen (secondary N) is 1. The number of carboxylic acid groups (broad SMARTS) is 1. The third kappa shape index (κ3) is 7.10. The van der Waals surface area contributed by atoms with Crippen LogP contribution in [-0.4, -0.2) is 53.6 Å². The van der Waals surface area contributed by atoms with E-state index < -0.39 is 12.0 Å². The molecule has 5 nitrogen and oxygen atoms in total. The summed E-state index contributed by atoms with van der Waals surface area (Å²) in [6.45, 7) is 4.47. The topological polar surface area (TPSA) is 69.6 Å². The van der Waals surface area contributed by atoms with Gasteiger partial charge in [0.25, 0.3) is 0 Å². The lowest BCUT2D eigenvalue weighted by Crippen LogP contribution is -2.47. The maximum Gasteiger partial charge on any atom is 0.326 e. The number of rotatable bonds is 7. The normalized spacial score (nSPS) is 12.3. The van der Waals surface area contributed by atoms with Gasteiger partial charge in [-0.2, -0.15) is 11.8 Å². The summed E-state index contributed by atoms with van der Waals surface area (Å²) in [5.41, 5.74) is 0. The van der Waals surface area contributed by atoms with E-state index in [-0.39, 0.29) is 11.9 Å². The highest BCUT2D eigenvalue weighted by atomic mass is 32.2. The van der Waals surface area contributed by atoms with E-state index in [0.717, 1.165) is 5.75 Å². The molecule has 0 aliphatic rings. The van der Waals surface area contributed by atoms with Crippen LogP contribution >= 0.6 is 11.8 Å². The molecule has 2 N–H and O–H groups in total. The molecule has 1 atom stereocenters. The molecule has 0 aliphatic heterocycles. The number of carbonyl (C=O) groups excluding carboxylic acids is 1. The number of hydrogen-bond donors (Lipinski definition) is 2. The van der Waals surface area contributed by atoms with Crippen molar-refractivity contribution < 1.29 is 14.7 Å². The van der Waals surface area contributed by atoms with Crippen molar-refractivity contribution in [3.63, 3.8) is 0 Å². The van der Waals surface area contributed by atoms with E-state index in [4.69, 9.17) is 5.11 Å². The molecule has 0 rings (SSSR count). The van der Waals surface area contributed by atoms with Crippen molar-refractivity contribution in [2.24, 2.45) is 5.92 Å². The molecular weight excluding hydrogens is 240 g/mol. The maximum absolute atomic E-state index is 11.7. The number of thioether (sulfide) groups is 1. The van der Waals surface area contributed by atoms with Crippen LogP contribution in [0.2, 0.25) is 0 Å². The van der Waals surface area contributed by atoms with Gasteiger partial charge in [0.15, 0.2) is 0 Å². The summed E-state index contributed by atoms with van der Waals surface area (Å²) in [4.78, 5) is 24.2. The van der Waals surface area contributed by atoms with Crippen LogP contribution < -0.4 is 5.32 Å². The van der Waals surface area contributed by atoms with Crippen molar-refractivity contribution in [1.29, 1.82) is 0 Å². The zero-order valence-corrected chi connectivity index (χ0v) is 11.7. The predicted octanol–water partition coefficient (Wildman–Crippen LogP) is 1.49. The Morgan fingerprint density at radius 3 is 2.41 bits per heavy atom. The molecule has 2 amide bonds. The summed E-state index contributed by atoms with van der Waals surface area (Å²) in [6.07, 6.45) is 2.40. The Balaban J connectivity index is 4.25. The van der Waals surface area contributed by atoms with Crippen molar-refractivity contribution in [3.05, 3.63) is 0 Å². The Morgan fingerprint density at radius 1 is 1.41 bits per heavy atom. The number of amides is 2. The SMILES string of the molecule is CSCCN(C)C(=O)N[C@H](CC(C)C)C(=O)O. The Morgan fingerprint density at radius 2 is 2.00 bits per heavy atom. The van der Waals surface area contributed by atoms with Crippen LogP contribution in [0.25, 0.3) is 0 Å². The Bertz CT molecular complexity index is 259. The van der Waals surface area contributed by atoms with Gasteiger partial charge in [-0.3, -0.25) is 0 Å². The van der Waals surface area contributed by atoms with Gasteiger partial charge >= 0.3 is 12.0 Å².